The second kappa shape index (κ2) is 8.16. The molecule has 158 valence electrons. The van der Waals surface area contributed by atoms with Gasteiger partial charge in [-0.05, 0) is 12.8 Å². The summed E-state index contributed by atoms with van der Waals surface area (Å²) in [6.45, 7) is 1.73. The van der Waals surface area contributed by atoms with Crippen molar-refractivity contribution in [1.29, 1.82) is 0 Å². The number of nitrogens with one attached hydrogen (secondary N) is 1. The minimum atomic E-state index is -0.593. The van der Waals surface area contributed by atoms with Gasteiger partial charge in [0.15, 0.2) is 17.3 Å². The van der Waals surface area contributed by atoms with E-state index in [0.29, 0.717) is 5.69 Å². The van der Waals surface area contributed by atoms with Gasteiger partial charge in [0.25, 0.3) is 5.91 Å². The predicted octanol–water partition coefficient (Wildman–Crippen LogP) is 0.813. The van der Waals surface area contributed by atoms with E-state index in [1.54, 1.807) is 0 Å². The van der Waals surface area contributed by atoms with Crippen LogP contribution >= 0.6 is 0 Å². The fourth-order valence-electron chi connectivity index (χ4n) is 3.35. The first-order chi connectivity index (χ1) is 14.4. The summed E-state index contributed by atoms with van der Waals surface area (Å²) in [4.78, 5) is 24.9. The number of nitrogens with two attached hydrogens (primary N) is 1. The lowest BCUT2D eigenvalue weighted by molar-refractivity contribution is -0.0238. The lowest BCUT2D eigenvalue weighted by Crippen LogP contribution is -2.45. The zero-order chi connectivity index (χ0) is 21.3. The van der Waals surface area contributed by atoms with Crippen molar-refractivity contribution in [2.45, 2.75) is 18.9 Å². The number of hydrogen-bond donors (Lipinski definition) is 2. The van der Waals surface area contributed by atoms with Gasteiger partial charge in [0.2, 0.25) is 5.88 Å². The minimum Gasteiger partial charge on any atom is -0.473 e. The van der Waals surface area contributed by atoms with Crippen molar-refractivity contribution in [1.82, 2.24) is 34.6 Å². The Morgan fingerprint density at radius 1 is 1.30 bits per heavy atom. The zero-order valence-electron chi connectivity index (χ0n) is 16.6. The molecule has 0 aromatic carbocycles. The normalized spacial score (nSPS) is 15.6. The average molecular weight is 415 g/mol. The average Bonchev–Trinajstić information content (AvgIpc) is 3.04. The van der Waals surface area contributed by atoms with E-state index in [1.807, 2.05) is 14.1 Å². The first kappa shape index (κ1) is 19.9. The van der Waals surface area contributed by atoms with Crippen molar-refractivity contribution in [3.8, 4) is 5.88 Å². The molecule has 1 aliphatic rings. The van der Waals surface area contributed by atoms with E-state index in [-0.39, 0.29) is 29.0 Å². The Bertz CT molecular complexity index is 1060. The van der Waals surface area contributed by atoms with Gasteiger partial charge in [0, 0.05) is 27.2 Å². The molecule has 0 aliphatic carbocycles. The molecule has 0 spiro atoms. The van der Waals surface area contributed by atoms with Crippen LogP contribution in [0.2, 0.25) is 0 Å². The maximum atomic E-state index is 13.4. The fraction of sp³-hybridized carbons (Fsp3) is 0.389. The van der Waals surface area contributed by atoms with Crippen LogP contribution < -0.4 is 15.8 Å². The van der Waals surface area contributed by atoms with Crippen LogP contribution in [0.4, 0.5) is 15.9 Å². The third-order valence-corrected chi connectivity index (χ3v) is 4.88. The van der Waals surface area contributed by atoms with Crippen LogP contribution in [0.25, 0.3) is 5.65 Å². The Hall–Kier alpha value is -3.38. The van der Waals surface area contributed by atoms with E-state index in [0.717, 1.165) is 42.8 Å². The molecule has 1 amide bonds. The van der Waals surface area contributed by atoms with Gasteiger partial charge in [-0.2, -0.15) is 4.98 Å². The first-order valence-electron chi connectivity index (χ1n) is 9.42. The van der Waals surface area contributed by atoms with Crippen molar-refractivity contribution in [2.75, 3.05) is 38.2 Å². The highest BCUT2D eigenvalue weighted by molar-refractivity contribution is 6.11. The summed E-state index contributed by atoms with van der Waals surface area (Å²) in [5.41, 5.74) is 6.33. The standard InChI is InChI=1S/C18H22FN9O2/c1-26(2)27-5-3-12(4-6-27)30-18-13(8-21-10-23-18)24-17(29)14-15(20)25-28-9-11(19)7-22-16(14)28/h7-10,12H,3-6H2,1-2H3,(H2,20,25)(H,24,29). The van der Waals surface area contributed by atoms with Gasteiger partial charge < -0.3 is 15.8 Å². The minimum absolute atomic E-state index is 0.0292. The van der Waals surface area contributed by atoms with Crippen LogP contribution in [0.3, 0.4) is 0 Å². The van der Waals surface area contributed by atoms with Gasteiger partial charge in [-0.3, -0.25) is 4.79 Å². The summed E-state index contributed by atoms with van der Waals surface area (Å²) >= 11 is 0. The van der Waals surface area contributed by atoms with Gasteiger partial charge in [-0.1, -0.05) is 0 Å². The second-order valence-corrected chi connectivity index (χ2v) is 7.11. The monoisotopic (exact) mass is 415 g/mol. The Labute approximate surface area is 171 Å². The summed E-state index contributed by atoms with van der Waals surface area (Å²) in [6.07, 6.45) is 6.51. The van der Waals surface area contributed by atoms with E-state index >= 15 is 0 Å². The van der Waals surface area contributed by atoms with E-state index in [9.17, 15) is 9.18 Å². The van der Waals surface area contributed by atoms with Crippen LogP contribution in [0.1, 0.15) is 23.2 Å². The van der Waals surface area contributed by atoms with E-state index in [4.69, 9.17) is 10.5 Å². The molecule has 0 radical (unpaired) electrons. The maximum Gasteiger partial charge on any atom is 0.263 e. The SMILES string of the molecule is CN(C)N1CCC(Oc2ncncc2NC(=O)c2c(N)nn3cc(F)cnc23)CC1. The largest absolute Gasteiger partial charge is 0.473 e. The number of amides is 1. The summed E-state index contributed by atoms with van der Waals surface area (Å²) < 4.78 is 20.5. The number of hydrogen-bond acceptors (Lipinski definition) is 9. The topological polar surface area (TPSA) is 127 Å². The number of nitrogen functional groups attached to an aromatic ring is 1. The lowest BCUT2D eigenvalue weighted by atomic mass is 10.1. The fourth-order valence-corrected chi connectivity index (χ4v) is 3.35. The number of halogens is 1. The quantitative estimate of drug-likeness (QED) is 0.622. The lowest BCUT2D eigenvalue weighted by Gasteiger charge is -2.35. The number of piperidine rings is 1. The molecule has 0 bridgehead atoms. The van der Waals surface area contributed by atoms with Crippen LogP contribution in [-0.2, 0) is 0 Å². The molecule has 4 rings (SSSR count). The Morgan fingerprint density at radius 3 is 2.80 bits per heavy atom. The molecular formula is C18H22FN9O2. The highest BCUT2D eigenvalue weighted by atomic mass is 19.1. The summed E-state index contributed by atoms with van der Waals surface area (Å²) in [6, 6.07) is 0. The summed E-state index contributed by atoms with van der Waals surface area (Å²) in [5, 5.41) is 10.9. The van der Waals surface area contributed by atoms with Crippen LogP contribution in [0, 0.1) is 5.82 Å². The molecule has 1 aliphatic heterocycles. The maximum absolute atomic E-state index is 13.4. The van der Waals surface area contributed by atoms with Gasteiger partial charge in [0.1, 0.15) is 23.7 Å². The highest BCUT2D eigenvalue weighted by Crippen LogP contribution is 2.26. The molecule has 1 fully saturated rings. The van der Waals surface area contributed by atoms with Crippen molar-refractivity contribution in [3.63, 3.8) is 0 Å². The molecule has 1 saturated heterocycles. The number of nitrogens with zero attached hydrogens (tertiary/aromatic N) is 7. The Morgan fingerprint density at radius 2 is 2.07 bits per heavy atom. The van der Waals surface area contributed by atoms with Crippen LogP contribution in [0.15, 0.2) is 24.9 Å². The zero-order valence-corrected chi connectivity index (χ0v) is 16.6. The number of carbonyl (C=O) groups excluding carboxylic acids is 1. The third kappa shape index (κ3) is 4.00. The summed E-state index contributed by atoms with van der Waals surface area (Å²) in [7, 11) is 4.02. The number of fused-ring (bicyclic) bond motifs is 1. The number of aromatic nitrogens is 5. The molecule has 0 unspecified atom stereocenters. The van der Waals surface area contributed by atoms with Crippen molar-refractivity contribution >= 4 is 23.1 Å². The second-order valence-electron chi connectivity index (χ2n) is 7.11. The molecule has 30 heavy (non-hydrogen) atoms. The highest BCUT2D eigenvalue weighted by Gasteiger charge is 2.25. The Balaban J connectivity index is 1.51. The number of anilines is 2. The van der Waals surface area contributed by atoms with Gasteiger partial charge in [0.05, 0.1) is 18.6 Å². The van der Waals surface area contributed by atoms with Gasteiger partial charge in [-0.15, -0.1) is 5.10 Å². The number of hydrazine groups is 1. The smallest absolute Gasteiger partial charge is 0.263 e. The summed E-state index contributed by atoms with van der Waals surface area (Å²) in [5.74, 6) is -0.954. The number of carbonyl (C=O) groups is 1. The van der Waals surface area contributed by atoms with Crippen molar-refractivity contribution < 1.29 is 13.9 Å². The molecule has 0 saturated carbocycles. The van der Waals surface area contributed by atoms with E-state index in [1.165, 1.54) is 12.5 Å². The molecule has 3 aromatic rings. The van der Waals surface area contributed by atoms with Crippen molar-refractivity contribution in [3.05, 3.63) is 36.3 Å². The first-order valence-corrected chi connectivity index (χ1v) is 9.42. The predicted molar refractivity (Wildman–Crippen MR) is 106 cm³/mol. The molecule has 3 aromatic heterocycles. The van der Waals surface area contributed by atoms with Crippen LogP contribution in [0.5, 0.6) is 5.88 Å². The molecule has 11 nitrogen and oxygen atoms in total. The van der Waals surface area contributed by atoms with E-state index < -0.39 is 11.7 Å². The number of ether oxygens (including phenoxy) is 1. The van der Waals surface area contributed by atoms with Gasteiger partial charge in [-0.25, -0.2) is 28.9 Å². The van der Waals surface area contributed by atoms with E-state index in [2.05, 4.69) is 35.4 Å². The van der Waals surface area contributed by atoms with Gasteiger partial charge >= 0.3 is 0 Å². The third-order valence-electron chi connectivity index (χ3n) is 4.88. The Kier molecular flexibility index (Phi) is 5.42. The van der Waals surface area contributed by atoms with Crippen LogP contribution in [-0.4, -0.2) is 73.8 Å². The van der Waals surface area contributed by atoms with Crippen molar-refractivity contribution in [2.24, 2.45) is 0 Å². The molecule has 12 heteroatoms. The molecule has 4 heterocycles. The molecule has 3 N–H and O–H groups in total. The molecule has 0 atom stereocenters. The number of rotatable bonds is 5. The molecular weight excluding hydrogens is 393 g/mol.